The molecule has 1 heterocycles. The van der Waals surface area contributed by atoms with E-state index in [-0.39, 0.29) is 11.7 Å². The number of aromatic nitrogens is 3. The fraction of sp³-hybridized carbons (Fsp3) is 0.0667. The molecule has 0 saturated heterocycles. The molecule has 3 N–H and O–H groups in total. The van der Waals surface area contributed by atoms with Gasteiger partial charge in [-0.3, -0.25) is 14.2 Å². The summed E-state index contributed by atoms with van der Waals surface area (Å²) in [5.74, 6) is 1.14. The fourth-order valence-electron chi connectivity index (χ4n) is 3.93. The number of carbonyl (C=O) groups is 2. The predicted octanol–water partition coefficient (Wildman–Crippen LogP) is 6.26. The van der Waals surface area contributed by atoms with Crippen LogP contribution in [0.25, 0.3) is 17.1 Å². The van der Waals surface area contributed by atoms with Crippen molar-refractivity contribution in [3.05, 3.63) is 120 Å². The van der Waals surface area contributed by atoms with Crippen molar-refractivity contribution < 1.29 is 9.59 Å². The molecule has 8 heteroatoms. The van der Waals surface area contributed by atoms with Crippen LogP contribution >= 0.6 is 11.8 Å². The molecule has 38 heavy (non-hydrogen) atoms. The second kappa shape index (κ2) is 11.1. The molecule has 0 unspecified atom stereocenters. The molecule has 0 aliphatic carbocycles. The first-order chi connectivity index (χ1) is 18.5. The van der Waals surface area contributed by atoms with Gasteiger partial charge in [0.2, 0.25) is 0 Å². The molecule has 5 rings (SSSR count). The number of nitrogens with zero attached hydrogens (tertiary/aromatic N) is 3. The highest BCUT2D eigenvalue weighted by atomic mass is 32.2. The molecule has 0 aliphatic rings. The van der Waals surface area contributed by atoms with E-state index in [2.05, 4.69) is 15.5 Å². The molecule has 0 radical (unpaired) electrons. The lowest BCUT2D eigenvalue weighted by molar-refractivity contribution is 0.101. The minimum atomic E-state index is -0.213. The van der Waals surface area contributed by atoms with Crippen molar-refractivity contribution in [2.24, 2.45) is 0 Å². The highest BCUT2D eigenvalue weighted by Gasteiger charge is 2.16. The Morgan fingerprint density at radius 3 is 2.24 bits per heavy atom. The van der Waals surface area contributed by atoms with Gasteiger partial charge in [0.25, 0.3) is 5.91 Å². The fourth-order valence-corrected chi connectivity index (χ4v) is 4.84. The van der Waals surface area contributed by atoms with Gasteiger partial charge in [0, 0.05) is 39.5 Å². The van der Waals surface area contributed by atoms with E-state index in [1.165, 1.54) is 6.92 Å². The van der Waals surface area contributed by atoms with Crippen molar-refractivity contribution in [2.45, 2.75) is 17.8 Å². The Morgan fingerprint density at radius 1 is 0.842 bits per heavy atom. The maximum atomic E-state index is 12.7. The van der Waals surface area contributed by atoms with Crippen LogP contribution in [0.15, 0.2) is 108 Å². The lowest BCUT2D eigenvalue weighted by Gasteiger charge is -2.11. The van der Waals surface area contributed by atoms with E-state index in [9.17, 15) is 9.59 Å². The van der Waals surface area contributed by atoms with Crippen molar-refractivity contribution in [1.82, 2.24) is 14.8 Å². The smallest absolute Gasteiger partial charge is 0.255 e. The number of para-hydroxylation sites is 1. The van der Waals surface area contributed by atoms with Crippen LogP contribution in [0.4, 0.5) is 11.4 Å². The summed E-state index contributed by atoms with van der Waals surface area (Å²) in [6.07, 6.45) is 0. The molecule has 7 nitrogen and oxygen atoms in total. The quantitative estimate of drug-likeness (QED) is 0.142. The average Bonchev–Trinajstić information content (AvgIpc) is 3.37. The molecule has 1 aromatic heterocycles. The molecule has 0 fully saturated rings. The highest BCUT2D eigenvalue weighted by molar-refractivity contribution is 7.98. The van der Waals surface area contributed by atoms with Gasteiger partial charge in [0.15, 0.2) is 16.8 Å². The van der Waals surface area contributed by atoms with Gasteiger partial charge in [-0.1, -0.05) is 54.2 Å². The number of rotatable bonds is 8. The number of benzene rings is 4. The van der Waals surface area contributed by atoms with Gasteiger partial charge in [0.05, 0.1) is 0 Å². The summed E-state index contributed by atoms with van der Waals surface area (Å²) in [6, 6.07) is 31.9. The van der Waals surface area contributed by atoms with Crippen molar-refractivity contribution in [1.29, 1.82) is 0 Å². The Bertz CT molecular complexity index is 1580. The number of amides is 1. The first kappa shape index (κ1) is 25.0. The number of anilines is 2. The van der Waals surface area contributed by atoms with Crippen molar-refractivity contribution in [3.63, 3.8) is 0 Å². The highest BCUT2D eigenvalue weighted by Crippen LogP contribution is 2.30. The topological polar surface area (TPSA) is 103 Å². The van der Waals surface area contributed by atoms with Crippen LogP contribution in [-0.2, 0) is 5.75 Å². The molecule has 0 spiro atoms. The average molecular weight is 520 g/mol. The standard InChI is InChI=1S/C30H25N5O2S/c1-20(36)22-14-16-26(17-15-22)32-29(37)23-12-10-21(11-13-23)19-38-30-34-33-28(24-6-5-7-25(31)18-24)35(30)27-8-3-2-4-9-27/h2-18H,19,31H2,1H3,(H,32,37). The summed E-state index contributed by atoms with van der Waals surface area (Å²) in [5, 5.41) is 12.6. The van der Waals surface area contributed by atoms with Crippen LogP contribution in [0.1, 0.15) is 33.2 Å². The lowest BCUT2D eigenvalue weighted by Crippen LogP contribution is -2.11. The van der Waals surface area contributed by atoms with Gasteiger partial charge in [-0.2, -0.15) is 0 Å². The van der Waals surface area contributed by atoms with Crippen LogP contribution in [0.2, 0.25) is 0 Å². The third-order valence-corrected chi connectivity index (χ3v) is 6.93. The Hall–Kier alpha value is -4.69. The number of Topliss-reactive ketones (excluding diaryl/α,β-unsaturated/α-hetero) is 1. The first-order valence-corrected chi connectivity index (χ1v) is 13.0. The Labute approximate surface area is 224 Å². The molecule has 5 aromatic rings. The zero-order valence-corrected chi connectivity index (χ0v) is 21.5. The molecule has 0 saturated carbocycles. The number of ketones is 1. The van der Waals surface area contributed by atoms with E-state index in [1.807, 2.05) is 71.3 Å². The number of nitrogens with two attached hydrogens (primary N) is 1. The Kier molecular flexibility index (Phi) is 7.33. The van der Waals surface area contributed by atoms with Crippen LogP contribution in [0.5, 0.6) is 0 Å². The van der Waals surface area contributed by atoms with Crippen LogP contribution in [-0.4, -0.2) is 26.5 Å². The summed E-state index contributed by atoms with van der Waals surface area (Å²) < 4.78 is 2.03. The minimum absolute atomic E-state index is 0.0145. The maximum Gasteiger partial charge on any atom is 0.255 e. The largest absolute Gasteiger partial charge is 0.399 e. The SMILES string of the molecule is CC(=O)c1ccc(NC(=O)c2ccc(CSc3nnc(-c4cccc(N)c4)n3-c3ccccc3)cc2)cc1. The van der Waals surface area contributed by atoms with Crippen molar-refractivity contribution >= 4 is 34.8 Å². The van der Waals surface area contributed by atoms with Crippen molar-refractivity contribution in [2.75, 3.05) is 11.1 Å². The molecule has 0 aliphatic heterocycles. The van der Waals surface area contributed by atoms with E-state index in [0.29, 0.717) is 34.1 Å². The van der Waals surface area contributed by atoms with E-state index in [4.69, 9.17) is 5.73 Å². The predicted molar refractivity (Wildman–Crippen MR) is 152 cm³/mol. The third-order valence-electron chi connectivity index (χ3n) is 5.93. The molecule has 1 amide bonds. The zero-order valence-electron chi connectivity index (χ0n) is 20.7. The normalized spacial score (nSPS) is 10.8. The number of hydrogen-bond donors (Lipinski definition) is 2. The van der Waals surface area contributed by atoms with Gasteiger partial charge in [-0.25, -0.2) is 0 Å². The van der Waals surface area contributed by atoms with Crippen LogP contribution in [0, 0.1) is 0 Å². The van der Waals surface area contributed by atoms with E-state index in [0.717, 1.165) is 22.0 Å². The number of nitrogens with one attached hydrogen (secondary N) is 1. The van der Waals surface area contributed by atoms with E-state index < -0.39 is 0 Å². The summed E-state index contributed by atoms with van der Waals surface area (Å²) in [7, 11) is 0. The van der Waals surface area contributed by atoms with Crippen LogP contribution in [0.3, 0.4) is 0 Å². The molecular weight excluding hydrogens is 494 g/mol. The summed E-state index contributed by atoms with van der Waals surface area (Å²) in [5.41, 5.74) is 11.4. The second-order valence-electron chi connectivity index (χ2n) is 8.68. The van der Waals surface area contributed by atoms with Gasteiger partial charge in [0.1, 0.15) is 0 Å². The van der Waals surface area contributed by atoms with Gasteiger partial charge >= 0.3 is 0 Å². The molecule has 188 valence electrons. The monoisotopic (exact) mass is 519 g/mol. The maximum absolute atomic E-state index is 12.7. The minimum Gasteiger partial charge on any atom is -0.399 e. The van der Waals surface area contributed by atoms with Gasteiger partial charge in [-0.05, 0) is 73.2 Å². The van der Waals surface area contributed by atoms with E-state index in [1.54, 1.807) is 48.2 Å². The number of hydrogen-bond acceptors (Lipinski definition) is 6. The van der Waals surface area contributed by atoms with Gasteiger partial charge < -0.3 is 11.1 Å². The Balaban J connectivity index is 1.30. The van der Waals surface area contributed by atoms with Crippen LogP contribution < -0.4 is 11.1 Å². The summed E-state index contributed by atoms with van der Waals surface area (Å²) in [4.78, 5) is 24.1. The first-order valence-electron chi connectivity index (χ1n) is 12.0. The number of nitrogen functional groups attached to an aromatic ring is 1. The number of carbonyl (C=O) groups excluding carboxylic acids is 2. The molecular formula is C30H25N5O2S. The number of thioether (sulfide) groups is 1. The molecule has 0 atom stereocenters. The second-order valence-corrected chi connectivity index (χ2v) is 9.62. The molecule has 0 bridgehead atoms. The third kappa shape index (κ3) is 5.66. The zero-order chi connectivity index (χ0) is 26.5. The summed E-state index contributed by atoms with van der Waals surface area (Å²) in [6.45, 7) is 1.51. The molecule has 4 aromatic carbocycles. The van der Waals surface area contributed by atoms with Crippen molar-refractivity contribution in [3.8, 4) is 17.1 Å². The lowest BCUT2D eigenvalue weighted by atomic mass is 10.1. The summed E-state index contributed by atoms with van der Waals surface area (Å²) >= 11 is 1.57. The van der Waals surface area contributed by atoms with E-state index >= 15 is 0 Å². The Morgan fingerprint density at radius 2 is 1.55 bits per heavy atom. The van der Waals surface area contributed by atoms with Gasteiger partial charge in [-0.15, -0.1) is 10.2 Å².